The summed E-state index contributed by atoms with van der Waals surface area (Å²) in [5.74, 6) is 2.24. The van der Waals surface area contributed by atoms with Crippen LogP contribution < -0.4 is 5.32 Å². The lowest BCUT2D eigenvalue weighted by molar-refractivity contribution is 0.353. The number of hydrogen-bond donors (Lipinski definition) is 1. The van der Waals surface area contributed by atoms with E-state index in [0.29, 0.717) is 5.41 Å². The Morgan fingerprint density at radius 2 is 2.07 bits per heavy atom. The lowest BCUT2D eigenvalue weighted by Crippen LogP contribution is -2.50. The average Bonchev–Trinajstić information content (AvgIpc) is 2.76. The molecule has 0 aromatic heterocycles. The topological polar surface area (TPSA) is 12.0 Å². The summed E-state index contributed by atoms with van der Waals surface area (Å²) in [6.45, 7) is 9.50. The fourth-order valence-electron chi connectivity index (χ4n) is 2.63. The van der Waals surface area contributed by atoms with Crippen LogP contribution in [-0.2, 0) is 0 Å². The molecule has 2 heteroatoms. The van der Waals surface area contributed by atoms with Crippen LogP contribution in [0.5, 0.6) is 0 Å². The van der Waals surface area contributed by atoms with Crippen molar-refractivity contribution in [2.75, 3.05) is 5.75 Å². The number of nitrogens with one attached hydrogen (secondary N) is 1. The maximum absolute atomic E-state index is 3.85. The molecule has 0 aromatic carbocycles. The van der Waals surface area contributed by atoms with E-state index in [1.54, 1.807) is 0 Å². The van der Waals surface area contributed by atoms with E-state index in [1.165, 1.54) is 18.6 Å². The smallest absolute Gasteiger partial charge is 0.0220 e. The molecule has 0 bridgehead atoms. The Bertz CT molecular complexity index is 214. The van der Waals surface area contributed by atoms with Crippen molar-refractivity contribution < 1.29 is 0 Å². The van der Waals surface area contributed by atoms with Crippen LogP contribution in [0, 0.1) is 11.3 Å². The van der Waals surface area contributed by atoms with E-state index in [1.807, 2.05) is 0 Å². The minimum Gasteiger partial charge on any atom is -0.309 e. The van der Waals surface area contributed by atoms with Crippen LogP contribution in [0.1, 0.15) is 40.5 Å². The SMILES string of the molecule is CCC1CSC(C)C(C2CC2(C)C)N1. The first-order valence-electron chi connectivity index (χ1n) is 5.92. The molecule has 1 aliphatic carbocycles. The zero-order chi connectivity index (χ0) is 10.3. The number of hydrogen-bond acceptors (Lipinski definition) is 2. The van der Waals surface area contributed by atoms with E-state index < -0.39 is 0 Å². The molecule has 1 saturated heterocycles. The molecule has 0 amide bonds. The van der Waals surface area contributed by atoms with Crippen LogP contribution in [0.15, 0.2) is 0 Å². The Balaban J connectivity index is 1.96. The van der Waals surface area contributed by atoms with Gasteiger partial charge in [-0.05, 0) is 24.2 Å². The zero-order valence-corrected chi connectivity index (χ0v) is 10.7. The van der Waals surface area contributed by atoms with Gasteiger partial charge in [-0.2, -0.15) is 11.8 Å². The van der Waals surface area contributed by atoms with Crippen molar-refractivity contribution in [3.63, 3.8) is 0 Å². The Labute approximate surface area is 92.4 Å². The number of thioether (sulfide) groups is 1. The van der Waals surface area contributed by atoms with E-state index >= 15 is 0 Å². The molecule has 1 nitrogen and oxygen atoms in total. The second-order valence-corrected chi connectivity index (χ2v) is 7.05. The van der Waals surface area contributed by atoms with Crippen LogP contribution in [-0.4, -0.2) is 23.1 Å². The molecular weight excluding hydrogens is 190 g/mol. The summed E-state index contributed by atoms with van der Waals surface area (Å²) in [6, 6.07) is 1.53. The Hall–Kier alpha value is 0.310. The van der Waals surface area contributed by atoms with Crippen molar-refractivity contribution in [3.8, 4) is 0 Å². The molecule has 0 radical (unpaired) electrons. The van der Waals surface area contributed by atoms with Gasteiger partial charge >= 0.3 is 0 Å². The quantitative estimate of drug-likeness (QED) is 0.757. The molecule has 1 heterocycles. The maximum Gasteiger partial charge on any atom is 0.0220 e. The van der Waals surface area contributed by atoms with Crippen molar-refractivity contribution >= 4 is 11.8 Å². The first-order valence-corrected chi connectivity index (χ1v) is 6.97. The summed E-state index contributed by atoms with van der Waals surface area (Å²) in [5, 5.41) is 4.66. The van der Waals surface area contributed by atoms with Crippen LogP contribution in [0.3, 0.4) is 0 Å². The van der Waals surface area contributed by atoms with Gasteiger partial charge in [0.2, 0.25) is 0 Å². The molecule has 2 fully saturated rings. The first kappa shape index (κ1) is 10.8. The molecular formula is C12H23NS. The third-order valence-corrected chi connectivity index (χ3v) is 5.42. The fraction of sp³-hybridized carbons (Fsp3) is 1.00. The molecule has 4 unspecified atom stereocenters. The average molecular weight is 213 g/mol. The van der Waals surface area contributed by atoms with Gasteiger partial charge in [-0.1, -0.05) is 27.7 Å². The second-order valence-electron chi connectivity index (χ2n) is 5.64. The second kappa shape index (κ2) is 3.71. The van der Waals surface area contributed by atoms with Crippen molar-refractivity contribution in [2.24, 2.45) is 11.3 Å². The van der Waals surface area contributed by atoms with E-state index in [9.17, 15) is 0 Å². The van der Waals surface area contributed by atoms with Crippen LogP contribution in [0.2, 0.25) is 0 Å². The predicted octanol–water partition coefficient (Wildman–Crippen LogP) is 2.90. The highest BCUT2D eigenvalue weighted by atomic mass is 32.2. The predicted molar refractivity (Wildman–Crippen MR) is 64.8 cm³/mol. The van der Waals surface area contributed by atoms with E-state index in [0.717, 1.165) is 23.3 Å². The van der Waals surface area contributed by atoms with Crippen LogP contribution in [0.4, 0.5) is 0 Å². The van der Waals surface area contributed by atoms with E-state index in [2.05, 4.69) is 44.8 Å². The van der Waals surface area contributed by atoms with Gasteiger partial charge in [-0.25, -0.2) is 0 Å². The molecule has 14 heavy (non-hydrogen) atoms. The molecule has 1 N–H and O–H groups in total. The van der Waals surface area contributed by atoms with E-state index in [4.69, 9.17) is 0 Å². The van der Waals surface area contributed by atoms with Crippen molar-refractivity contribution in [1.29, 1.82) is 0 Å². The monoisotopic (exact) mass is 213 g/mol. The Morgan fingerprint density at radius 1 is 1.43 bits per heavy atom. The molecule has 4 atom stereocenters. The van der Waals surface area contributed by atoms with Gasteiger partial charge in [-0.15, -0.1) is 0 Å². The minimum absolute atomic E-state index is 0.613. The standard InChI is InChI=1S/C12H23NS/c1-5-9-7-14-8(2)11(13-9)10-6-12(10,3)4/h8-11,13H,5-7H2,1-4H3. The maximum atomic E-state index is 3.85. The van der Waals surface area contributed by atoms with Gasteiger partial charge in [0.1, 0.15) is 0 Å². The lowest BCUT2D eigenvalue weighted by Gasteiger charge is -2.36. The van der Waals surface area contributed by atoms with Gasteiger partial charge in [0, 0.05) is 23.1 Å². The van der Waals surface area contributed by atoms with Crippen LogP contribution in [0.25, 0.3) is 0 Å². The van der Waals surface area contributed by atoms with Crippen molar-refractivity contribution in [1.82, 2.24) is 5.32 Å². The van der Waals surface area contributed by atoms with Gasteiger partial charge in [0.25, 0.3) is 0 Å². The van der Waals surface area contributed by atoms with Gasteiger partial charge in [-0.3, -0.25) is 0 Å². The van der Waals surface area contributed by atoms with Crippen LogP contribution >= 0.6 is 11.8 Å². The summed E-state index contributed by atoms with van der Waals surface area (Å²) < 4.78 is 0. The summed E-state index contributed by atoms with van der Waals surface area (Å²) in [7, 11) is 0. The largest absolute Gasteiger partial charge is 0.309 e. The molecule has 1 aliphatic heterocycles. The summed E-state index contributed by atoms with van der Waals surface area (Å²) in [6.07, 6.45) is 2.70. The van der Waals surface area contributed by atoms with Crippen molar-refractivity contribution in [2.45, 2.75) is 57.9 Å². The zero-order valence-electron chi connectivity index (χ0n) is 9.84. The van der Waals surface area contributed by atoms with Gasteiger partial charge in [0.05, 0.1) is 0 Å². The summed E-state index contributed by atoms with van der Waals surface area (Å²) >= 11 is 2.17. The molecule has 2 rings (SSSR count). The van der Waals surface area contributed by atoms with E-state index in [-0.39, 0.29) is 0 Å². The molecule has 1 saturated carbocycles. The molecule has 0 aromatic rings. The van der Waals surface area contributed by atoms with Gasteiger partial charge < -0.3 is 5.32 Å². The third kappa shape index (κ3) is 1.96. The minimum atomic E-state index is 0.613. The molecule has 82 valence electrons. The molecule has 2 aliphatic rings. The fourth-order valence-corrected chi connectivity index (χ4v) is 3.97. The summed E-state index contributed by atoms with van der Waals surface area (Å²) in [4.78, 5) is 0. The highest BCUT2D eigenvalue weighted by Gasteiger charge is 2.52. The lowest BCUT2D eigenvalue weighted by atomic mass is 10.00. The third-order valence-electron chi connectivity index (χ3n) is 4.01. The summed E-state index contributed by atoms with van der Waals surface area (Å²) in [5.41, 5.74) is 0.613. The first-order chi connectivity index (χ1) is 6.54. The highest BCUT2D eigenvalue weighted by Crippen LogP contribution is 2.55. The van der Waals surface area contributed by atoms with Crippen molar-refractivity contribution in [3.05, 3.63) is 0 Å². The Morgan fingerprint density at radius 3 is 2.57 bits per heavy atom. The Kier molecular flexibility index (Phi) is 2.87. The highest BCUT2D eigenvalue weighted by molar-refractivity contribution is 8.00. The normalized spacial score (nSPS) is 46.3. The molecule has 0 spiro atoms. The van der Waals surface area contributed by atoms with Gasteiger partial charge in [0.15, 0.2) is 0 Å². The number of rotatable bonds is 2.